The third-order valence-electron chi connectivity index (χ3n) is 2.60. The number of benzene rings is 1. The zero-order valence-corrected chi connectivity index (χ0v) is 10.5. The number of fused-ring (bicyclic) bond motifs is 1. The number of hydrogen-bond acceptors (Lipinski definition) is 4. The summed E-state index contributed by atoms with van der Waals surface area (Å²) in [6.07, 6.45) is 0.461. The van der Waals surface area contributed by atoms with E-state index in [1.165, 1.54) is 0 Å². The predicted octanol–water partition coefficient (Wildman–Crippen LogP) is 1.40. The van der Waals surface area contributed by atoms with E-state index in [-0.39, 0.29) is 5.91 Å². The molecule has 1 aliphatic heterocycles. The van der Waals surface area contributed by atoms with Gasteiger partial charge in [-0.1, -0.05) is 0 Å². The minimum atomic E-state index is 0.0579. The van der Waals surface area contributed by atoms with Gasteiger partial charge in [0.1, 0.15) is 13.2 Å². The van der Waals surface area contributed by atoms with Gasteiger partial charge in [-0.15, -0.1) is 0 Å². The summed E-state index contributed by atoms with van der Waals surface area (Å²) in [6, 6.07) is 5.69. The molecule has 0 unspecified atom stereocenters. The van der Waals surface area contributed by atoms with Gasteiger partial charge < -0.3 is 20.1 Å². The van der Waals surface area contributed by atoms with Crippen LogP contribution in [0.2, 0.25) is 0 Å². The third-order valence-corrected chi connectivity index (χ3v) is 2.60. The highest BCUT2D eigenvalue weighted by Crippen LogP contribution is 2.32. The molecule has 0 saturated carbocycles. The maximum atomic E-state index is 11.3. The molecule has 2 rings (SSSR count). The fraction of sp³-hybridized carbons (Fsp3) is 0.462. The van der Waals surface area contributed by atoms with Crippen LogP contribution in [0.1, 0.15) is 13.3 Å². The largest absolute Gasteiger partial charge is 0.486 e. The second kappa shape index (κ2) is 6.14. The Hall–Kier alpha value is -1.91. The Balaban J connectivity index is 1.84. The highest BCUT2D eigenvalue weighted by Gasteiger charge is 2.11. The molecule has 0 aromatic heterocycles. The molecule has 1 aromatic carbocycles. The molecule has 1 amide bonds. The second-order valence-electron chi connectivity index (χ2n) is 3.99. The van der Waals surface area contributed by atoms with Gasteiger partial charge >= 0.3 is 0 Å². The van der Waals surface area contributed by atoms with Crippen LogP contribution in [0.4, 0.5) is 5.69 Å². The quantitative estimate of drug-likeness (QED) is 0.829. The van der Waals surface area contributed by atoms with Crippen molar-refractivity contribution in [2.45, 2.75) is 13.3 Å². The molecule has 0 radical (unpaired) electrons. The van der Waals surface area contributed by atoms with Crippen LogP contribution in [0, 0.1) is 0 Å². The predicted molar refractivity (Wildman–Crippen MR) is 69.2 cm³/mol. The van der Waals surface area contributed by atoms with Crippen LogP contribution in [-0.2, 0) is 4.79 Å². The van der Waals surface area contributed by atoms with Crippen molar-refractivity contribution in [3.63, 3.8) is 0 Å². The average molecular weight is 250 g/mol. The Kier molecular flexibility index (Phi) is 4.28. The average Bonchev–Trinajstić information content (AvgIpc) is 2.39. The molecule has 5 heteroatoms. The van der Waals surface area contributed by atoms with Crippen molar-refractivity contribution in [2.75, 3.05) is 31.6 Å². The molecular formula is C13H18N2O3. The second-order valence-corrected chi connectivity index (χ2v) is 3.99. The monoisotopic (exact) mass is 250 g/mol. The van der Waals surface area contributed by atoms with Crippen LogP contribution in [0.3, 0.4) is 0 Å². The van der Waals surface area contributed by atoms with Crippen LogP contribution >= 0.6 is 0 Å². The first-order valence-electron chi connectivity index (χ1n) is 6.20. The van der Waals surface area contributed by atoms with Gasteiger partial charge in [-0.3, -0.25) is 4.79 Å². The molecule has 5 nitrogen and oxygen atoms in total. The molecule has 0 atom stereocenters. The number of anilines is 1. The van der Waals surface area contributed by atoms with Crippen molar-refractivity contribution in [3.8, 4) is 11.5 Å². The van der Waals surface area contributed by atoms with Gasteiger partial charge in [-0.2, -0.15) is 0 Å². The SMILES string of the molecule is CCNC(=O)CCNc1ccc2c(c1)OCCO2. The highest BCUT2D eigenvalue weighted by molar-refractivity contribution is 5.76. The Morgan fingerprint density at radius 1 is 1.28 bits per heavy atom. The first-order valence-corrected chi connectivity index (χ1v) is 6.20. The van der Waals surface area contributed by atoms with Crippen LogP contribution in [-0.4, -0.2) is 32.2 Å². The summed E-state index contributed by atoms with van der Waals surface area (Å²) in [5.41, 5.74) is 0.934. The number of hydrogen-bond donors (Lipinski definition) is 2. The van der Waals surface area contributed by atoms with Gasteiger partial charge in [-0.05, 0) is 19.1 Å². The molecule has 1 aromatic rings. The molecule has 1 aliphatic rings. The van der Waals surface area contributed by atoms with Crippen LogP contribution in [0.25, 0.3) is 0 Å². The van der Waals surface area contributed by atoms with Gasteiger partial charge in [-0.25, -0.2) is 0 Å². The van der Waals surface area contributed by atoms with E-state index < -0.39 is 0 Å². The summed E-state index contributed by atoms with van der Waals surface area (Å²) in [6.45, 7) is 4.35. The van der Waals surface area contributed by atoms with Crippen molar-refractivity contribution in [1.29, 1.82) is 0 Å². The Morgan fingerprint density at radius 2 is 2.06 bits per heavy atom. The molecule has 18 heavy (non-hydrogen) atoms. The summed E-state index contributed by atoms with van der Waals surface area (Å²) in [7, 11) is 0. The lowest BCUT2D eigenvalue weighted by Gasteiger charge is -2.19. The number of carbonyl (C=O) groups excluding carboxylic acids is 1. The van der Waals surface area contributed by atoms with Crippen molar-refractivity contribution in [1.82, 2.24) is 5.32 Å². The van der Waals surface area contributed by atoms with Crippen molar-refractivity contribution >= 4 is 11.6 Å². The molecule has 2 N–H and O–H groups in total. The first kappa shape index (κ1) is 12.5. The Labute approximate surface area is 106 Å². The number of amides is 1. The first-order chi connectivity index (χ1) is 8.79. The maximum absolute atomic E-state index is 11.3. The van der Waals surface area contributed by atoms with Crippen LogP contribution < -0.4 is 20.1 Å². The molecule has 98 valence electrons. The van der Waals surface area contributed by atoms with E-state index in [1.807, 2.05) is 25.1 Å². The lowest BCUT2D eigenvalue weighted by Crippen LogP contribution is -2.24. The summed E-state index contributed by atoms with van der Waals surface area (Å²) in [4.78, 5) is 11.3. The summed E-state index contributed by atoms with van der Waals surface area (Å²) >= 11 is 0. The summed E-state index contributed by atoms with van der Waals surface area (Å²) in [5.74, 6) is 1.59. The number of carbonyl (C=O) groups is 1. The Bertz CT molecular complexity index is 421. The minimum absolute atomic E-state index is 0.0579. The highest BCUT2D eigenvalue weighted by atomic mass is 16.6. The zero-order chi connectivity index (χ0) is 12.8. The van der Waals surface area contributed by atoms with Crippen molar-refractivity contribution in [2.24, 2.45) is 0 Å². The molecule has 0 saturated heterocycles. The van der Waals surface area contributed by atoms with E-state index in [0.29, 0.717) is 32.7 Å². The topological polar surface area (TPSA) is 59.6 Å². The Morgan fingerprint density at radius 3 is 2.83 bits per heavy atom. The van der Waals surface area contributed by atoms with E-state index in [9.17, 15) is 4.79 Å². The fourth-order valence-corrected chi connectivity index (χ4v) is 1.76. The van der Waals surface area contributed by atoms with Gasteiger partial charge in [0.05, 0.1) is 0 Å². The summed E-state index contributed by atoms with van der Waals surface area (Å²) < 4.78 is 10.9. The molecule has 0 aliphatic carbocycles. The zero-order valence-electron chi connectivity index (χ0n) is 10.5. The number of ether oxygens (including phenoxy) is 2. The van der Waals surface area contributed by atoms with Gasteiger partial charge in [0.15, 0.2) is 11.5 Å². The molecule has 0 bridgehead atoms. The minimum Gasteiger partial charge on any atom is -0.486 e. The summed E-state index contributed by atoms with van der Waals surface area (Å²) in [5, 5.41) is 5.95. The van der Waals surface area contributed by atoms with Crippen LogP contribution in [0.15, 0.2) is 18.2 Å². The number of nitrogens with one attached hydrogen (secondary N) is 2. The molecular weight excluding hydrogens is 232 g/mol. The fourth-order valence-electron chi connectivity index (χ4n) is 1.76. The van der Waals surface area contributed by atoms with E-state index >= 15 is 0 Å². The normalized spacial score (nSPS) is 12.9. The number of rotatable bonds is 5. The molecule has 0 spiro atoms. The standard InChI is InChI=1S/C13H18N2O3/c1-2-14-13(16)5-6-15-10-3-4-11-12(9-10)18-8-7-17-11/h3-4,9,15H,2,5-8H2,1H3,(H,14,16). The van der Waals surface area contributed by atoms with Gasteiger partial charge in [0.25, 0.3) is 0 Å². The lowest BCUT2D eigenvalue weighted by atomic mass is 10.2. The van der Waals surface area contributed by atoms with E-state index in [4.69, 9.17) is 9.47 Å². The molecule has 1 heterocycles. The lowest BCUT2D eigenvalue weighted by molar-refractivity contribution is -0.120. The van der Waals surface area contributed by atoms with E-state index in [1.54, 1.807) is 0 Å². The molecule has 0 fully saturated rings. The third kappa shape index (κ3) is 3.29. The van der Waals surface area contributed by atoms with Crippen molar-refractivity contribution in [3.05, 3.63) is 18.2 Å². The van der Waals surface area contributed by atoms with E-state index in [2.05, 4.69) is 10.6 Å². The van der Waals surface area contributed by atoms with E-state index in [0.717, 1.165) is 17.2 Å². The van der Waals surface area contributed by atoms with Crippen LogP contribution in [0.5, 0.6) is 11.5 Å². The van der Waals surface area contributed by atoms with Crippen molar-refractivity contribution < 1.29 is 14.3 Å². The van der Waals surface area contributed by atoms with Gasteiger partial charge in [0, 0.05) is 31.3 Å². The van der Waals surface area contributed by atoms with Gasteiger partial charge in [0.2, 0.25) is 5.91 Å². The smallest absolute Gasteiger partial charge is 0.221 e. The maximum Gasteiger partial charge on any atom is 0.221 e.